The van der Waals surface area contributed by atoms with Gasteiger partial charge in [-0.2, -0.15) is 0 Å². The molecule has 174 valence electrons. The maximum absolute atomic E-state index is 13.6. The van der Waals surface area contributed by atoms with Crippen LogP contribution >= 0.6 is 0 Å². The van der Waals surface area contributed by atoms with Gasteiger partial charge in [0.2, 0.25) is 11.8 Å². The van der Waals surface area contributed by atoms with Crippen LogP contribution in [0.5, 0.6) is 0 Å². The number of amides is 2. The Labute approximate surface area is 198 Å². The van der Waals surface area contributed by atoms with Gasteiger partial charge in [-0.25, -0.2) is 0 Å². The number of para-hydroxylation sites is 2. The molecule has 0 bridgehead atoms. The normalized spacial score (nSPS) is 19.4. The van der Waals surface area contributed by atoms with Crippen LogP contribution in [-0.4, -0.2) is 67.9 Å². The molecule has 6 rings (SSSR count). The van der Waals surface area contributed by atoms with E-state index in [-0.39, 0.29) is 18.4 Å². The van der Waals surface area contributed by atoms with Crippen molar-refractivity contribution in [3.05, 3.63) is 72.1 Å². The minimum absolute atomic E-state index is 0.0501. The van der Waals surface area contributed by atoms with E-state index in [1.807, 2.05) is 19.2 Å². The van der Waals surface area contributed by atoms with Crippen molar-refractivity contribution in [3.8, 4) is 0 Å². The summed E-state index contributed by atoms with van der Waals surface area (Å²) >= 11 is 0. The quantitative estimate of drug-likeness (QED) is 0.476. The number of fused-ring (bicyclic) bond motifs is 3. The lowest BCUT2D eigenvalue weighted by molar-refractivity contribution is -0.160. The first-order valence-corrected chi connectivity index (χ1v) is 11.9. The molecule has 2 fully saturated rings. The van der Waals surface area contributed by atoms with Gasteiger partial charge in [-0.15, -0.1) is 0 Å². The number of hydrogen-bond acceptors (Lipinski definition) is 3. The van der Waals surface area contributed by atoms with E-state index in [0.717, 1.165) is 29.6 Å². The van der Waals surface area contributed by atoms with E-state index < -0.39 is 6.04 Å². The van der Waals surface area contributed by atoms with Crippen LogP contribution in [-0.2, 0) is 36.8 Å². The van der Waals surface area contributed by atoms with Gasteiger partial charge in [-0.05, 0) is 29.1 Å². The van der Waals surface area contributed by atoms with Gasteiger partial charge in [-0.1, -0.05) is 36.4 Å². The second-order valence-corrected chi connectivity index (χ2v) is 9.57. The fourth-order valence-electron chi connectivity index (χ4n) is 5.65. The molecule has 2 aliphatic heterocycles. The number of rotatable bonds is 4. The average Bonchev–Trinajstić information content (AvgIpc) is 3.34. The van der Waals surface area contributed by atoms with Crippen LogP contribution in [0.25, 0.3) is 21.8 Å². The van der Waals surface area contributed by atoms with E-state index in [1.54, 1.807) is 9.80 Å². The maximum Gasteiger partial charge on any atom is 0.247 e. The summed E-state index contributed by atoms with van der Waals surface area (Å²) < 4.78 is 4.31. The molecule has 0 spiro atoms. The molecule has 2 aromatic carbocycles. The number of benzene rings is 2. The lowest BCUT2D eigenvalue weighted by Crippen LogP contribution is -2.66. The molecule has 1 unspecified atom stereocenters. The van der Waals surface area contributed by atoms with Gasteiger partial charge in [0.15, 0.2) is 0 Å². The van der Waals surface area contributed by atoms with Crippen LogP contribution in [0.2, 0.25) is 0 Å². The molecule has 4 heterocycles. The summed E-state index contributed by atoms with van der Waals surface area (Å²) in [4.78, 5) is 32.4. The Balaban J connectivity index is 1.22. The Hall–Kier alpha value is -3.58. The standard InChI is InChI=1S/C27H29N5O2/c1-28-14-20(22-8-4-6-10-24(22)28)15-31-18-26(33)32-12-11-30(17-25(32)27(31)34)16-21-13-19-7-3-5-9-23(19)29(21)2/h3-10,13-14,25H,11-12,15-18H2,1-2H3. The Morgan fingerprint density at radius 1 is 0.912 bits per heavy atom. The molecule has 2 saturated heterocycles. The van der Waals surface area contributed by atoms with Crippen LogP contribution in [0.15, 0.2) is 60.8 Å². The van der Waals surface area contributed by atoms with Crippen LogP contribution in [0.1, 0.15) is 11.3 Å². The molecule has 7 heteroatoms. The van der Waals surface area contributed by atoms with Crippen LogP contribution in [0.3, 0.4) is 0 Å². The zero-order chi connectivity index (χ0) is 23.4. The summed E-state index contributed by atoms with van der Waals surface area (Å²) in [5, 5.41) is 2.36. The molecule has 2 aromatic heterocycles. The summed E-state index contributed by atoms with van der Waals surface area (Å²) in [7, 11) is 4.11. The highest BCUT2D eigenvalue weighted by Gasteiger charge is 2.42. The van der Waals surface area contributed by atoms with Gasteiger partial charge in [0.05, 0.1) is 0 Å². The highest BCUT2D eigenvalue weighted by Crippen LogP contribution is 2.26. The number of nitrogens with zero attached hydrogens (tertiary/aromatic N) is 5. The van der Waals surface area contributed by atoms with Crippen molar-refractivity contribution in [1.82, 2.24) is 23.8 Å². The summed E-state index contributed by atoms with van der Waals surface area (Å²) in [5.41, 5.74) is 4.64. The zero-order valence-corrected chi connectivity index (χ0v) is 19.6. The van der Waals surface area contributed by atoms with Gasteiger partial charge < -0.3 is 18.9 Å². The van der Waals surface area contributed by atoms with E-state index >= 15 is 0 Å². The van der Waals surface area contributed by atoms with Crippen molar-refractivity contribution < 1.29 is 9.59 Å². The van der Waals surface area contributed by atoms with Crippen LogP contribution in [0.4, 0.5) is 0 Å². The van der Waals surface area contributed by atoms with Crippen molar-refractivity contribution in [2.24, 2.45) is 14.1 Å². The Kier molecular flexibility index (Phi) is 4.95. The summed E-state index contributed by atoms with van der Waals surface area (Å²) in [5.74, 6) is 0.100. The number of carbonyl (C=O) groups is 2. The highest BCUT2D eigenvalue weighted by atomic mass is 16.2. The first-order chi connectivity index (χ1) is 16.5. The first kappa shape index (κ1) is 21.0. The van der Waals surface area contributed by atoms with Crippen molar-refractivity contribution in [2.45, 2.75) is 19.1 Å². The lowest BCUT2D eigenvalue weighted by atomic mass is 10.1. The smallest absolute Gasteiger partial charge is 0.247 e. The Morgan fingerprint density at radius 2 is 1.68 bits per heavy atom. The van der Waals surface area contributed by atoms with E-state index in [2.05, 4.69) is 69.7 Å². The van der Waals surface area contributed by atoms with E-state index in [0.29, 0.717) is 19.6 Å². The van der Waals surface area contributed by atoms with Gasteiger partial charge in [-0.3, -0.25) is 14.5 Å². The Bertz CT molecular complexity index is 1420. The molecule has 34 heavy (non-hydrogen) atoms. The minimum Gasteiger partial charge on any atom is -0.350 e. The fraction of sp³-hybridized carbons (Fsp3) is 0.333. The van der Waals surface area contributed by atoms with E-state index in [4.69, 9.17) is 0 Å². The van der Waals surface area contributed by atoms with Gasteiger partial charge in [0.25, 0.3) is 0 Å². The van der Waals surface area contributed by atoms with Crippen molar-refractivity contribution in [1.29, 1.82) is 0 Å². The molecular weight excluding hydrogens is 426 g/mol. The minimum atomic E-state index is -0.417. The molecule has 1 atom stereocenters. The molecular formula is C27H29N5O2. The third-order valence-electron chi connectivity index (χ3n) is 7.49. The highest BCUT2D eigenvalue weighted by molar-refractivity contribution is 5.95. The molecule has 0 radical (unpaired) electrons. The summed E-state index contributed by atoms with van der Waals surface area (Å²) in [6, 6.07) is 18.4. The van der Waals surface area contributed by atoms with E-state index in [1.165, 1.54) is 16.6 Å². The molecule has 0 aliphatic carbocycles. The number of piperazine rings is 2. The maximum atomic E-state index is 13.6. The summed E-state index contributed by atoms with van der Waals surface area (Å²) in [6.07, 6.45) is 2.07. The molecule has 0 N–H and O–H groups in total. The lowest BCUT2D eigenvalue weighted by Gasteiger charge is -2.46. The van der Waals surface area contributed by atoms with Gasteiger partial charge in [0, 0.05) is 75.1 Å². The van der Waals surface area contributed by atoms with Crippen molar-refractivity contribution in [2.75, 3.05) is 26.2 Å². The van der Waals surface area contributed by atoms with Crippen LogP contribution in [0, 0.1) is 0 Å². The topological polar surface area (TPSA) is 53.7 Å². The SMILES string of the molecule is Cn1cc(CN2CC(=O)N3CCN(Cc4cc5ccccc5n4C)CC3C2=O)c2ccccc21. The van der Waals surface area contributed by atoms with Crippen LogP contribution < -0.4 is 0 Å². The number of carbonyl (C=O) groups excluding carboxylic acids is 2. The fourth-order valence-corrected chi connectivity index (χ4v) is 5.65. The molecule has 0 saturated carbocycles. The second-order valence-electron chi connectivity index (χ2n) is 9.57. The average molecular weight is 456 g/mol. The van der Waals surface area contributed by atoms with Crippen molar-refractivity contribution >= 4 is 33.6 Å². The third-order valence-corrected chi connectivity index (χ3v) is 7.49. The Morgan fingerprint density at radius 3 is 2.50 bits per heavy atom. The number of aryl methyl sites for hydroxylation is 2. The molecule has 2 aliphatic rings. The number of hydrogen-bond donors (Lipinski definition) is 0. The monoisotopic (exact) mass is 455 g/mol. The first-order valence-electron chi connectivity index (χ1n) is 11.9. The molecule has 4 aromatic rings. The predicted octanol–water partition coefficient (Wildman–Crippen LogP) is 2.73. The largest absolute Gasteiger partial charge is 0.350 e. The van der Waals surface area contributed by atoms with Gasteiger partial charge >= 0.3 is 0 Å². The summed E-state index contributed by atoms with van der Waals surface area (Å²) in [6.45, 7) is 3.32. The predicted molar refractivity (Wildman–Crippen MR) is 132 cm³/mol. The number of aromatic nitrogens is 2. The third kappa shape index (κ3) is 3.39. The zero-order valence-electron chi connectivity index (χ0n) is 19.6. The van der Waals surface area contributed by atoms with Gasteiger partial charge in [0.1, 0.15) is 12.6 Å². The molecule has 7 nitrogen and oxygen atoms in total. The molecule has 2 amide bonds. The second kappa shape index (κ2) is 8.02. The van der Waals surface area contributed by atoms with E-state index in [9.17, 15) is 9.59 Å². The van der Waals surface area contributed by atoms with Crippen molar-refractivity contribution in [3.63, 3.8) is 0 Å².